The summed E-state index contributed by atoms with van der Waals surface area (Å²) in [7, 11) is -1.70. The van der Waals surface area contributed by atoms with Gasteiger partial charge in [0.2, 0.25) is 0 Å². The van der Waals surface area contributed by atoms with Crippen LogP contribution in [0.1, 0.15) is 18.4 Å². The van der Waals surface area contributed by atoms with Gasteiger partial charge in [0, 0.05) is 13.2 Å². The average molecular weight is 579 g/mol. The number of aliphatic hydroxyl groups excluding tert-OH is 1. The van der Waals surface area contributed by atoms with Gasteiger partial charge in [0.25, 0.3) is 0 Å². The molecule has 4 N–H and O–H groups in total. The van der Waals surface area contributed by atoms with Crippen molar-refractivity contribution in [1.29, 1.82) is 0 Å². The van der Waals surface area contributed by atoms with Gasteiger partial charge in [-0.1, -0.05) is 12.1 Å². The maximum atomic E-state index is 12.6. The second kappa shape index (κ2) is 13.2. The lowest BCUT2D eigenvalue weighted by molar-refractivity contribution is -0.274. The minimum absolute atomic E-state index is 0.0891. The highest BCUT2D eigenvalue weighted by Crippen LogP contribution is 2.44. The monoisotopic (exact) mass is 578 g/mol. The molecule has 2 heterocycles. The molecule has 0 saturated carbocycles. The number of para-hydroxylation sites is 2. The van der Waals surface area contributed by atoms with Crippen LogP contribution in [0.5, 0.6) is 17.2 Å². The lowest BCUT2D eigenvalue weighted by Crippen LogP contribution is -2.19. The fourth-order valence-corrected chi connectivity index (χ4v) is 3.67. The third-order valence-electron chi connectivity index (χ3n) is 5.17. The molecule has 14 heteroatoms. The normalized spacial score (nSPS) is 15.5. The molecule has 0 aliphatic carbocycles. The highest BCUT2D eigenvalue weighted by molar-refractivity contribution is 7.82. The lowest BCUT2D eigenvalue weighted by atomic mass is 10.1. The molecule has 0 aromatic heterocycles. The molecule has 7 nitrogen and oxygen atoms in total. The number of benzene rings is 3. The van der Waals surface area contributed by atoms with Gasteiger partial charge in [0.1, 0.15) is 16.7 Å². The van der Waals surface area contributed by atoms with Crippen molar-refractivity contribution >= 4 is 22.4 Å². The van der Waals surface area contributed by atoms with Crippen LogP contribution >= 0.6 is 0 Å². The van der Waals surface area contributed by atoms with Crippen LogP contribution in [0.15, 0.2) is 71.6 Å². The fraction of sp³-hybridized carbons (Fsp3) is 0.280. The zero-order chi connectivity index (χ0) is 28.6. The van der Waals surface area contributed by atoms with E-state index < -0.39 is 29.1 Å². The zero-order valence-corrected chi connectivity index (χ0v) is 20.9. The first-order chi connectivity index (χ1) is 18.3. The first kappa shape index (κ1) is 30.2. The minimum Gasteiger partial charge on any atom is -0.453 e. The van der Waals surface area contributed by atoms with Crippen molar-refractivity contribution in [3.05, 3.63) is 72.3 Å². The van der Waals surface area contributed by atoms with E-state index in [0.717, 1.165) is 56.0 Å². The predicted molar refractivity (Wildman–Crippen MR) is 131 cm³/mol. The van der Waals surface area contributed by atoms with Crippen LogP contribution in [0.4, 0.5) is 37.7 Å². The van der Waals surface area contributed by atoms with E-state index in [9.17, 15) is 30.6 Å². The Kier molecular flexibility index (Phi) is 10.2. The maximum Gasteiger partial charge on any atom is 0.573 e. The zero-order valence-electron chi connectivity index (χ0n) is 20.1. The van der Waals surface area contributed by atoms with Gasteiger partial charge in [-0.15, -0.1) is 13.2 Å². The van der Waals surface area contributed by atoms with Crippen molar-refractivity contribution in [3.8, 4) is 17.2 Å². The molecular weight excluding hydrogens is 554 g/mol. The van der Waals surface area contributed by atoms with Crippen molar-refractivity contribution in [2.45, 2.75) is 36.4 Å². The van der Waals surface area contributed by atoms with Gasteiger partial charge >= 0.3 is 12.5 Å². The second-order valence-electron chi connectivity index (χ2n) is 8.09. The lowest BCUT2D eigenvalue weighted by Gasteiger charge is -2.22. The smallest absolute Gasteiger partial charge is 0.453 e. The quantitative estimate of drug-likeness (QED) is 0.242. The van der Waals surface area contributed by atoms with Crippen LogP contribution in [0.25, 0.3) is 0 Å². The molecule has 2 aliphatic rings. The Morgan fingerprint density at radius 2 is 1.51 bits per heavy atom. The van der Waals surface area contributed by atoms with Gasteiger partial charge < -0.3 is 24.6 Å². The van der Waals surface area contributed by atoms with Gasteiger partial charge in [-0.2, -0.15) is 13.2 Å². The summed E-state index contributed by atoms with van der Waals surface area (Å²) in [4.78, 5) is 0.236. The number of hydrogen-bond acceptors (Lipinski definition) is 6. The molecule has 212 valence electrons. The van der Waals surface area contributed by atoms with Crippen molar-refractivity contribution < 1.29 is 49.9 Å². The van der Waals surface area contributed by atoms with E-state index in [2.05, 4.69) is 10.1 Å². The highest BCUT2D eigenvalue weighted by atomic mass is 32.2. The van der Waals surface area contributed by atoms with E-state index in [1.165, 1.54) is 18.2 Å². The first-order valence-corrected chi connectivity index (χ1v) is 12.6. The summed E-state index contributed by atoms with van der Waals surface area (Å²) in [5.74, 6) is 0.333. The molecule has 2 aliphatic heterocycles. The van der Waals surface area contributed by atoms with Crippen molar-refractivity contribution in [2.24, 2.45) is 5.14 Å². The largest absolute Gasteiger partial charge is 0.573 e. The van der Waals surface area contributed by atoms with Crippen LogP contribution < -0.4 is 19.9 Å². The molecule has 3 aromatic rings. The van der Waals surface area contributed by atoms with Crippen molar-refractivity contribution in [3.63, 3.8) is 0 Å². The summed E-state index contributed by atoms with van der Waals surface area (Å²) >= 11 is 0. The number of ether oxygens (including phenoxy) is 3. The van der Waals surface area contributed by atoms with Gasteiger partial charge in [-0.25, -0.2) is 9.35 Å². The number of hydrogen-bond donors (Lipinski definition) is 3. The number of halogens is 6. The SMILES string of the molecule is FC(F)(F)c1ccc2c(c1)Oc1ccccc1N2.NS(=O)c1ccc(OC(F)(F)F)cc1.OC1CCOCC1. The average Bonchev–Trinajstić information content (AvgIpc) is 2.87. The van der Waals surface area contributed by atoms with E-state index in [0.29, 0.717) is 11.4 Å². The number of nitrogens with two attached hydrogens (primary N) is 1. The maximum absolute atomic E-state index is 12.6. The molecule has 1 unspecified atom stereocenters. The second-order valence-corrected chi connectivity index (χ2v) is 9.16. The van der Waals surface area contributed by atoms with E-state index in [1.54, 1.807) is 18.2 Å². The number of alkyl halides is 6. The standard InChI is InChI=1S/C13H8F3NO.C7H6F3NO2S.C5H10O2/c14-13(15,16)8-5-6-10-12(7-8)18-11-4-2-1-3-9(11)17-10;8-7(9,10)13-5-1-3-6(4-2-5)14(11)12;6-5-1-3-7-4-2-5/h1-7,17H;1-4H,11H2;5-6H,1-4H2. The molecule has 1 saturated heterocycles. The van der Waals surface area contributed by atoms with Crippen molar-refractivity contribution in [2.75, 3.05) is 18.5 Å². The molecule has 3 aromatic carbocycles. The van der Waals surface area contributed by atoms with Gasteiger partial charge in [-0.3, -0.25) is 0 Å². The Balaban J connectivity index is 0.000000177. The topological polar surface area (TPSA) is 103 Å². The summed E-state index contributed by atoms with van der Waals surface area (Å²) in [6.45, 7) is 1.47. The number of rotatable bonds is 2. The minimum atomic E-state index is -4.72. The van der Waals surface area contributed by atoms with Gasteiger partial charge in [0.15, 0.2) is 11.5 Å². The molecule has 1 atom stereocenters. The Labute approximate surface area is 222 Å². The molecule has 39 heavy (non-hydrogen) atoms. The first-order valence-electron chi connectivity index (χ1n) is 11.3. The summed E-state index contributed by atoms with van der Waals surface area (Å²) in [6, 6.07) is 15.0. The Hall–Kier alpha value is -3.33. The van der Waals surface area contributed by atoms with E-state index >= 15 is 0 Å². The number of nitrogens with one attached hydrogen (secondary N) is 1. The van der Waals surface area contributed by atoms with Crippen LogP contribution in [0, 0.1) is 0 Å². The summed E-state index contributed by atoms with van der Waals surface area (Å²) < 4.78 is 97.5. The Bertz CT molecular complexity index is 1250. The van der Waals surface area contributed by atoms with Crippen LogP contribution in [-0.4, -0.2) is 35.0 Å². The Morgan fingerprint density at radius 3 is 2.05 bits per heavy atom. The number of anilines is 2. The molecule has 0 bridgehead atoms. The summed E-state index contributed by atoms with van der Waals surface area (Å²) in [6.07, 6.45) is -7.53. The van der Waals surface area contributed by atoms with Crippen LogP contribution in [0.2, 0.25) is 0 Å². The third kappa shape index (κ3) is 9.73. The van der Waals surface area contributed by atoms with Crippen molar-refractivity contribution in [1.82, 2.24) is 0 Å². The molecule has 0 radical (unpaired) electrons. The van der Waals surface area contributed by atoms with Crippen LogP contribution in [0.3, 0.4) is 0 Å². The van der Waals surface area contributed by atoms with E-state index in [-0.39, 0.29) is 22.5 Å². The van der Waals surface area contributed by atoms with Crippen LogP contribution in [-0.2, 0) is 21.9 Å². The predicted octanol–water partition coefficient (Wildman–Crippen LogP) is 6.28. The molecule has 0 spiro atoms. The molecule has 0 amide bonds. The third-order valence-corrected chi connectivity index (χ3v) is 5.90. The molecular formula is C25H24F6N2O5S. The number of aliphatic hydroxyl groups is 1. The highest BCUT2D eigenvalue weighted by Gasteiger charge is 2.32. The molecule has 1 fully saturated rings. The summed E-state index contributed by atoms with van der Waals surface area (Å²) in [5.41, 5.74) is 0.550. The van der Waals surface area contributed by atoms with Gasteiger partial charge in [0.05, 0.1) is 27.9 Å². The van der Waals surface area contributed by atoms with Gasteiger partial charge in [-0.05, 0) is 67.4 Å². The fourth-order valence-electron chi connectivity index (χ4n) is 3.27. The van der Waals surface area contributed by atoms with E-state index in [4.69, 9.17) is 19.7 Å². The Morgan fingerprint density at radius 1 is 0.897 bits per heavy atom. The number of fused-ring (bicyclic) bond motifs is 2. The van der Waals surface area contributed by atoms with E-state index in [1.807, 2.05) is 6.07 Å². The summed E-state index contributed by atoms with van der Waals surface area (Å²) in [5, 5.41) is 16.9. The molecule has 5 rings (SSSR count).